The van der Waals surface area contributed by atoms with E-state index in [-0.39, 0.29) is 37.0 Å². The van der Waals surface area contributed by atoms with E-state index in [4.69, 9.17) is 16.7 Å². The zero-order valence-electron chi connectivity index (χ0n) is 19.3. The molecule has 36 heavy (non-hydrogen) atoms. The summed E-state index contributed by atoms with van der Waals surface area (Å²) in [6, 6.07) is 9.40. The molecule has 0 bridgehead atoms. The summed E-state index contributed by atoms with van der Waals surface area (Å²) in [5, 5.41) is 13.2. The lowest BCUT2D eigenvalue weighted by Crippen LogP contribution is -2.39. The Hall–Kier alpha value is -2.85. The van der Waals surface area contributed by atoms with Crippen molar-refractivity contribution >= 4 is 46.8 Å². The van der Waals surface area contributed by atoms with E-state index in [1.54, 1.807) is 4.90 Å². The fourth-order valence-electron chi connectivity index (χ4n) is 4.50. The first-order valence-electron chi connectivity index (χ1n) is 11.7. The van der Waals surface area contributed by atoms with Crippen LogP contribution in [0, 0.1) is 17.6 Å². The summed E-state index contributed by atoms with van der Waals surface area (Å²) < 4.78 is 29.4. The number of halogens is 3. The van der Waals surface area contributed by atoms with E-state index >= 15 is 0 Å². The maximum absolute atomic E-state index is 14.7. The lowest BCUT2D eigenvalue weighted by molar-refractivity contribution is -0.138. The molecule has 2 aromatic rings. The van der Waals surface area contributed by atoms with Crippen molar-refractivity contribution in [3.8, 4) is 0 Å². The smallest absolute Gasteiger partial charge is 0.303 e. The molecule has 2 unspecified atom stereocenters. The minimum atomic E-state index is -0.869. The number of carbonyl (C=O) groups is 3. The number of carbonyl (C=O) groups excluding carboxylic acids is 2. The molecule has 1 saturated heterocycles. The predicted molar refractivity (Wildman–Crippen MR) is 134 cm³/mol. The SMILES string of the molecule is O=C(O)CC1CCN(c2cc(F)c(C(=O)NCCNC(=O)C3Sc4ccccc4C3Cl)cc2F)CC1. The number of anilines is 1. The number of nitrogens with zero attached hydrogens (tertiary/aromatic N) is 1. The highest BCUT2D eigenvalue weighted by Crippen LogP contribution is 2.47. The first-order valence-corrected chi connectivity index (χ1v) is 13.0. The molecule has 0 aliphatic carbocycles. The highest BCUT2D eigenvalue weighted by atomic mass is 35.5. The van der Waals surface area contributed by atoms with Crippen LogP contribution < -0.4 is 15.5 Å². The van der Waals surface area contributed by atoms with Gasteiger partial charge < -0.3 is 20.6 Å². The molecule has 192 valence electrons. The molecule has 3 N–H and O–H groups in total. The van der Waals surface area contributed by atoms with Crippen LogP contribution in [0.4, 0.5) is 14.5 Å². The van der Waals surface area contributed by atoms with E-state index < -0.39 is 39.7 Å². The van der Waals surface area contributed by atoms with Crippen molar-refractivity contribution in [1.29, 1.82) is 0 Å². The Kier molecular flexibility index (Phi) is 8.35. The Bertz CT molecular complexity index is 1160. The summed E-state index contributed by atoms with van der Waals surface area (Å²) >= 11 is 7.80. The minimum Gasteiger partial charge on any atom is -0.481 e. The van der Waals surface area contributed by atoms with Gasteiger partial charge in [0.25, 0.3) is 5.91 Å². The van der Waals surface area contributed by atoms with E-state index in [1.807, 2.05) is 24.3 Å². The summed E-state index contributed by atoms with van der Waals surface area (Å²) in [5.41, 5.74) is 0.532. The monoisotopic (exact) mass is 537 g/mol. The van der Waals surface area contributed by atoms with Gasteiger partial charge in [-0.2, -0.15) is 0 Å². The lowest BCUT2D eigenvalue weighted by atomic mass is 9.93. The molecular weight excluding hydrogens is 512 g/mol. The highest BCUT2D eigenvalue weighted by molar-refractivity contribution is 8.01. The maximum atomic E-state index is 14.7. The average Bonchev–Trinajstić information content (AvgIpc) is 3.19. The van der Waals surface area contributed by atoms with Gasteiger partial charge in [0.15, 0.2) is 0 Å². The van der Waals surface area contributed by atoms with Crippen molar-refractivity contribution in [2.45, 2.75) is 34.8 Å². The van der Waals surface area contributed by atoms with Crippen LogP contribution in [0.15, 0.2) is 41.3 Å². The number of aliphatic carboxylic acids is 1. The number of rotatable bonds is 8. The van der Waals surface area contributed by atoms with Gasteiger partial charge in [-0.25, -0.2) is 8.78 Å². The number of hydrogen-bond donors (Lipinski definition) is 3. The number of carboxylic acid groups (broad SMARTS) is 1. The first-order chi connectivity index (χ1) is 17.2. The number of thioether (sulfide) groups is 1. The van der Waals surface area contributed by atoms with Gasteiger partial charge in [0, 0.05) is 43.6 Å². The van der Waals surface area contributed by atoms with E-state index in [2.05, 4.69) is 10.6 Å². The van der Waals surface area contributed by atoms with Gasteiger partial charge in [-0.1, -0.05) is 18.2 Å². The molecule has 0 aromatic heterocycles. The summed E-state index contributed by atoms with van der Waals surface area (Å²) in [7, 11) is 0. The molecule has 0 radical (unpaired) electrons. The second-order valence-corrected chi connectivity index (χ2v) is 10.5. The second kappa shape index (κ2) is 11.5. The largest absolute Gasteiger partial charge is 0.481 e. The first kappa shape index (κ1) is 26.2. The van der Waals surface area contributed by atoms with Crippen LogP contribution in [0.25, 0.3) is 0 Å². The molecule has 0 saturated carbocycles. The van der Waals surface area contributed by atoms with Crippen molar-refractivity contribution < 1.29 is 28.3 Å². The van der Waals surface area contributed by atoms with Crippen LogP contribution in [-0.4, -0.2) is 54.3 Å². The molecule has 2 heterocycles. The van der Waals surface area contributed by atoms with Crippen molar-refractivity contribution in [2.75, 3.05) is 31.1 Å². The predicted octanol–water partition coefficient (Wildman–Crippen LogP) is 3.96. The Balaban J connectivity index is 1.26. The standard InChI is InChI=1S/C25H26ClF2N3O4S/c26-22-15-3-1-2-4-20(15)36-23(22)25(35)30-8-7-29-24(34)16-12-18(28)19(13-17(16)27)31-9-5-14(6-10-31)11-21(32)33/h1-4,12-14,22-23H,5-11H2,(H,29,34)(H,30,35)(H,32,33). The van der Waals surface area contributed by atoms with Crippen LogP contribution in [-0.2, 0) is 9.59 Å². The number of nitrogens with one attached hydrogen (secondary N) is 2. The summed E-state index contributed by atoms with van der Waals surface area (Å²) in [6.45, 7) is 0.955. The van der Waals surface area contributed by atoms with Crippen LogP contribution in [0.2, 0.25) is 0 Å². The molecule has 2 aliphatic heterocycles. The molecule has 2 amide bonds. The minimum absolute atomic E-state index is 0.00936. The molecule has 2 aromatic carbocycles. The number of piperidine rings is 1. The third-order valence-electron chi connectivity index (χ3n) is 6.40. The quantitative estimate of drug-likeness (QED) is 0.348. The number of carboxylic acids is 1. The number of fused-ring (bicyclic) bond motifs is 1. The lowest BCUT2D eigenvalue weighted by Gasteiger charge is -2.33. The van der Waals surface area contributed by atoms with Gasteiger partial charge in [-0.15, -0.1) is 23.4 Å². The van der Waals surface area contributed by atoms with Gasteiger partial charge in [-0.3, -0.25) is 14.4 Å². The fourth-order valence-corrected chi connectivity index (χ4v) is 6.24. The van der Waals surface area contributed by atoms with Gasteiger partial charge in [0.05, 0.1) is 16.6 Å². The number of benzene rings is 2. The number of amides is 2. The van der Waals surface area contributed by atoms with E-state index in [9.17, 15) is 23.2 Å². The third-order valence-corrected chi connectivity index (χ3v) is 8.41. The van der Waals surface area contributed by atoms with Gasteiger partial charge in [0.2, 0.25) is 5.91 Å². The molecule has 4 rings (SSSR count). The number of hydrogen-bond acceptors (Lipinski definition) is 5. The van der Waals surface area contributed by atoms with Crippen LogP contribution >= 0.6 is 23.4 Å². The molecule has 2 atom stereocenters. The molecular formula is C25H26ClF2N3O4S. The van der Waals surface area contributed by atoms with E-state index in [1.165, 1.54) is 11.8 Å². The zero-order chi connectivity index (χ0) is 25.8. The van der Waals surface area contributed by atoms with Gasteiger partial charge in [0.1, 0.15) is 16.9 Å². The molecule has 7 nitrogen and oxygen atoms in total. The van der Waals surface area contributed by atoms with E-state index in [0.717, 1.165) is 22.6 Å². The second-order valence-electron chi connectivity index (χ2n) is 8.84. The Morgan fingerprint density at radius 2 is 1.75 bits per heavy atom. The fraction of sp³-hybridized carbons (Fsp3) is 0.400. The summed E-state index contributed by atoms with van der Waals surface area (Å²) in [6.07, 6.45) is 1.19. The van der Waals surface area contributed by atoms with Crippen molar-refractivity contribution in [1.82, 2.24) is 10.6 Å². The van der Waals surface area contributed by atoms with Crippen LogP contribution in [0.3, 0.4) is 0 Å². The van der Waals surface area contributed by atoms with E-state index in [0.29, 0.717) is 25.9 Å². The third kappa shape index (κ3) is 5.92. The normalized spacial score (nSPS) is 19.6. The molecule has 11 heteroatoms. The number of alkyl halides is 1. The summed E-state index contributed by atoms with van der Waals surface area (Å²) in [4.78, 5) is 38.4. The van der Waals surface area contributed by atoms with Crippen LogP contribution in [0.5, 0.6) is 0 Å². The molecule has 1 fully saturated rings. The Morgan fingerprint density at radius 1 is 1.06 bits per heavy atom. The van der Waals surface area contributed by atoms with Crippen LogP contribution in [0.1, 0.15) is 40.6 Å². The van der Waals surface area contributed by atoms with Crippen molar-refractivity contribution in [2.24, 2.45) is 5.92 Å². The average molecular weight is 538 g/mol. The Labute approximate surface area is 216 Å². The van der Waals surface area contributed by atoms with Crippen molar-refractivity contribution in [3.05, 3.63) is 59.2 Å². The Morgan fingerprint density at radius 3 is 2.44 bits per heavy atom. The highest BCUT2D eigenvalue weighted by Gasteiger charge is 2.36. The van der Waals surface area contributed by atoms with Gasteiger partial charge >= 0.3 is 5.97 Å². The maximum Gasteiger partial charge on any atom is 0.303 e. The zero-order valence-corrected chi connectivity index (χ0v) is 20.9. The van der Waals surface area contributed by atoms with Gasteiger partial charge in [-0.05, 0) is 36.5 Å². The molecule has 2 aliphatic rings. The van der Waals surface area contributed by atoms with Crippen molar-refractivity contribution in [3.63, 3.8) is 0 Å². The topological polar surface area (TPSA) is 98.7 Å². The molecule has 0 spiro atoms. The summed E-state index contributed by atoms with van der Waals surface area (Å²) in [5.74, 6) is -3.49.